The second-order valence-corrected chi connectivity index (χ2v) is 8.08. The zero-order valence-corrected chi connectivity index (χ0v) is 17.7. The number of fused-ring (bicyclic) bond motifs is 2. The van der Waals surface area contributed by atoms with Crippen LogP contribution in [-0.2, 0) is 19.4 Å². The average Bonchev–Trinajstić information content (AvgIpc) is 3.04. The molecule has 1 amide bonds. The fraction of sp³-hybridized carbons (Fsp3) is 0.280. The van der Waals surface area contributed by atoms with Crippen molar-refractivity contribution >= 4 is 16.8 Å². The van der Waals surface area contributed by atoms with Crippen molar-refractivity contribution in [2.45, 2.75) is 38.6 Å². The van der Waals surface area contributed by atoms with Crippen LogP contribution in [0.2, 0.25) is 0 Å². The number of carbonyl (C=O) groups is 1. The molecule has 0 aliphatic carbocycles. The first kappa shape index (κ1) is 20.3. The number of nitrogens with zero attached hydrogens (tertiary/aromatic N) is 4. The molecule has 6 nitrogen and oxygen atoms in total. The van der Waals surface area contributed by atoms with Gasteiger partial charge in [0.2, 0.25) is 0 Å². The van der Waals surface area contributed by atoms with Crippen LogP contribution in [0.15, 0.2) is 54.6 Å². The number of hydrogen-bond acceptors (Lipinski definition) is 4. The molecule has 32 heavy (non-hydrogen) atoms. The Balaban J connectivity index is 1.37. The van der Waals surface area contributed by atoms with Gasteiger partial charge in [0.25, 0.3) is 5.91 Å². The van der Waals surface area contributed by atoms with E-state index in [9.17, 15) is 9.18 Å². The van der Waals surface area contributed by atoms with Crippen molar-refractivity contribution in [1.29, 1.82) is 0 Å². The smallest absolute Gasteiger partial charge is 0.252 e. The summed E-state index contributed by atoms with van der Waals surface area (Å²) in [6.07, 6.45) is 5.10. The molecule has 5 rings (SSSR count). The monoisotopic (exact) mass is 429 g/mol. The van der Waals surface area contributed by atoms with E-state index in [1.807, 2.05) is 24.3 Å². The molecule has 0 saturated heterocycles. The van der Waals surface area contributed by atoms with Crippen LogP contribution in [0.25, 0.3) is 22.2 Å². The Labute approximate surface area is 185 Å². The van der Waals surface area contributed by atoms with Gasteiger partial charge in [0.15, 0.2) is 0 Å². The first-order valence-electron chi connectivity index (χ1n) is 11.0. The highest BCUT2D eigenvalue weighted by Gasteiger charge is 2.16. The van der Waals surface area contributed by atoms with Gasteiger partial charge in [0.1, 0.15) is 17.5 Å². The van der Waals surface area contributed by atoms with Crippen molar-refractivity contribution in [2.24, 2.45) is 0 Å². The third-order valence-corrected chi connectivity index (χ3v) is 5.92. The van der Waals surface area contributed by atoms with E-state index in [2.05, 4.69) is 25.1 Å². The molecule has 162 valence electrons. The van der Waals surface area contributed by atoms with Crippen LogP contribution >= 0.6 is 0 Å². The summed E-state index contributed by atoms with van der Waals surface area (Å²) < 4.78 is 15.6. The van der Waals surface area contributed by atoms with E-state index in [4.69, 9.17) is 0 Å². The second-order valence-electron chi connectivity index (χ2n) is 8.08. The molecule has 2 aromatic carbocycles. The fourth-order valence-corrected chi connectivity index (χ4v) is 4.25. The number of halogens is 1. The minimum absolute atomic E-state index is 0.164. The number of aryl methyl sites for hydroxylation is 1. The first-order chi connectivity index (χ1) is 15.7. The van der Waals surface area contributed by atoms with Gasteiger partial charge in [-0.3, -0.25) is 4.79 Å². The van der Waals surface area contributed by atoms with Gasteiger partial charge in [-0.15, -0.1) is 10.2 Å². The summed E-state index contributed by atoms with van der Waals surface area (Å²) >= 11 is 0. The lowest BCUT2D eigenvalue weighted by Crippen LogP contribution is -2.27. The highest BCUT2D eigenvalue weighted by molar-refractivity contribution is 6.07. The van der Waals surface area contributed by atoms with Crippen LogP contribution in [0.5, 0.6) is 0 Å². The predicted molar refractivity (Wildman–Crippen MR) is 121 cm³/mol. The van der Waals surface area contributed by atoms with Crippen LogP contribution in [0.4, 0.5) is 4.39 Å². The van der Waals surface area contributed by atoms with E-state index < -0.39 is 0 Å². The molecule has 0 atom stereocenters. The highest BCUT2D eigenvalue weighted by atomic mass is 19.1. The maximum Gasteiger partial charge on any atom is 0.252 e. The molecule has 4 aromatic rings. The topological polar surface area (TPSA) is 72.7 Å². The largest absolute Gasteiger partial charge is 0.352 e. The second kappa shape index (κ2) is 8.86. The van der Waals surface area contributed by atoms with E-state index in [-0.39, 0.29) is 11.7 Å². The number of amides is 1. The molecule has 1 aliphatic rings. The van der Waals surface area contributed by atoms with Crippen LogP contribution in [0.3, 0.4) is 0 Å². The molecule has 3 heterocycles. The van der Waals surface area contributed by atoms with Crippen LogP contribution in [0.1, 0.15) is 41.3 Å². The van der Waals surface area contributed by atoms with Crippen molar-refractivity contribution in [3.05, 3.63) is 77.6 Å². The number of rotatable bonds is 5. The molecule has 0 radical (unpaired) electrons. The van der Waals surface area contributed by atoms with Crippen LogP contribution in [0, 0.1) is 5.82 Å². The number of para-hydroxylation sites is 1. The normalized spacial score (nSPS) is 13.5. The Kier molecular flexibility index (Phi) is 5.62. The van der Waals surface area contributed by atoms with E-state index in [0.717, 1.165) is 53.9 Å². The van der Waals surface area contributed by atoms with Crippen molar-refractivity contribution in [3.8, 4) is 11.3 Å². The molecule has 7 heteroatoms. The van der Waals surface area contributed by atoms with Crippen LogP contribution < -0.4 is 5.32 Å². The SMILES string of the molecule is O=C(NCCc1nnc2n1CCCCC2)c1cc(-c2ccc(F)cc2)nc2ccccc12. The molecule has 0 unspecified atom stereocenters. The summed E-state index contributed by atoms with van der Waals surface area (Å²) in [6.45, 7) is 1.42. The number of aromatic nitrogens is 4. The van der Waals surface area contributed by atoms with E-state index in [0.29, 0.717) is 24.2 Å². The lowest BCUT2D eigenvalue weighted by atomic mass is 10.0. The Morgan fingerprint density at radius 3 is 2.75 bits per heavy atom. The highest BCUT2D eigenvalue weighted by Crippen LogP contribution is 2.25. The molecule has 0 fully saturated rings. The van der Waals surface area contributed by atoms with Gasteiger partial charge in [-0.2, -0.15) is 0 Å². The van der Waals surface area contributed by atoms with Crippen molar-refractivity contribution < 1.29 is 9.18 Å². The fourth-order valence-electron chi connectivity index (χ4n) is 4.25. The van der Waals surface area contributed by atoms with Crippen molar-refractivity contribution in [3.63, 3.8) is 0 Å². The van der Waals surface area contributed by atoms with Crippen molar-refractivity contribution in [1.82, 2.24) is 25.1 Å². The zero-order chi connectivity index (χ0) is 21.9. The van der Waals surface area contributed by atoms with E-state index in [1.165, 1.54) is 18.6 Å². The Morgan fingerprint density at radius 2 is 1.88 bits per heavy atom. The molecule has 2 aromatic heterocycles. The molecular formula is C25H24FN5O. The lowest BCUT2D eigenvalue weighted by molar-refractivity contribution is 0.0955. The average molecular weight is 429 g/mol. The zero-order valence-electron chi connectivity index (χ0n) is 17.7. The van der Waals surface area contributed by atoms with Gasteiger partial charge < -0.3 is 9.88 Å². The summed E-state index contributed by atoms with van der Waals surface area (Å²) in [5.74, 6) is 1.50. The van der Waals surface area contributed by atoms with Crippen LogP contribution in [-0.4, -0.2) is 32.2 Å². The Hall–Kier alpha value is -3.61. The molecule has 0 saturated carbocycles. The summed E-state index contributed by atoms with van der Waals surface area (Å²) in [5.41, 5.74) is 2.67. The molecule has 0 spiro atoms. The number of benzene rings is 2. The van der Waals surface area contributed by atoms with E-state index in [1.54, 1.807) is 18.2 Å². The summed E-state index contributed by atoms with van der Waals surface area (Å²) in [6, 6.07) is 15.5. The van der Waals surface area contributed by atoms with Crippen molar-refractivity contribution in [2.75, 3.05) is 6.54 Å². The maximum absolute atomic E-state index is 13.4. The minimum atomic E-state index is -0.307. The summed E-state index contributed by atoms with van der Waals surface area (Å²) in [5, 5.41) is 12.5. The number of pyridine rings is 1. The minimum Gasteiger partial charge on any atom is -0.352 e. The molecular weight excluding hydrogens is 405 g/mol. The maximum atomic E-state index is 13.4. The van der Waals surface area contributed by atoms with Gasteiger partial charge in [0.05, 0.1) is 16.8 Å². The van der Waals surface area contributed by atoms with Gasteiger partial charge in [0, 0.05) is 36.9 Å². The Bertz CT molecular complexity index is 1270. The molecule has 0 bridgehead atoms. The number of nitrogens with one attached hydrogen (secondary N) is 1. The van der Waals surface area contributed by atoms with Gasteiger partial charge in [-0.25, -0.2) is 9.37 Å². The third-order valence-electron chi connectivity index (χ3n) is 5.92. The molecule has 1 aliphatic heterocycles. The van der Waals surface area contributed by atoms with Gasteiger partial charge >= 0.3 is 0 Å². The molecule has 1 N–H and O–H groups in total. The van der Waals surface area contributed by atoms with Gasteiger partial charge in [-0.1, -0.05) is 24.6 Å². The Morgan fingerprint density at radius 1 is 1.03 bits per heavy atom. The van der Waals surface area contributed by atoms with Gasteiger partial charge in [-0.05, 0) is 49.2 Å². The lowest BCUT2D eigenvalue weighted by Gasteiger charge is -2.11. The summed E-state index contributed by atoms with van der Waals surface area (Å²) in [4.78, 5) is 17.8. The predicted octanol–water partition coefficient (Wildman–Crippen LogP) is 4.33. The third kappa shape index (κ3) is 4.10. The number of hydrogen-bond donors (Lipinski definition) is 1. The quantitative estimate of drug-likeness (QED) is 0.513. The summed E-state index contributed by atoms with van der Waals surface area (Å²) in [7, 11) is 0. The number of carbonyl (C=O) groups excluding carboxylic acids is 1. The standard InChI is InChI=1S/C25H24FN5O/c26-18-11-9-17(10-12-18)22-16-20(19-6-3-4-7-21(19)28-22)25(32)27-14-13-24-30-29-23-8-2-1-5-15-31(23)24/h3-4,6-7,9-12,16H,1-2,5,8,13-15H2,(H,27,32). The van der Waals surface area contributed by atoms with E-state index >= 15 is 0 Å². The first-order valence-corrected chi connectivity index (χ1v) is 11.0.